The number of hydrogen-bond acceptors (Lipinski definition) is 6. The monoisotopic (exact) mass is 393 g/mol. The number of alkyl halides is 2. The normalized spacial score (nSPS) is 12.5. The molecule has 148 valence electrons. The molecule has 0 saturated heterocycles. The van der Waals surface area contributed by atoms with E-state index in [4.69, 9.17) is 4.74 Å². The Morgan fingerprint density at radius 1 is 1.32 bits per heavy atom. The van der Waals surface area contributed by atoms with Crippen LogP contribution in [0.5, 0.6) is 0 Å². The Morgan fingerprint density at radius 3 is 2.61 bits per heavy atom. The number of hydrogen-bond donors (Lipinski definition) is 0. The van der Waals surface area contributed by atoms with E-state index in [2.05, 4.69) is 10.1 Å². The summed E-state index contributed by atoms with van der Waals surface area (Å²) in [5.41, 5.74) is 0.773. The van der Waals surface area contributed by atoms with Crippen molar-refractivity contribution in [1.82, 2.24) is 19.3 Å². The highest BCUT2D eigenvalue weighted by Crippen LogP contribution is 2.28. The summed E-state index contributed by atoms with van der Waals surface area (Å²) in [5, 5.41) is 15.0. The number of rotatable bonds is 6. The average Bonchev–Trinajstić information content (AvgIpc) is 3.12. The summed E-state index contributed by atoms with van der Waals surface area (Å²) in [6.07, 6.45) is -1.05. The highest BCUT2D eigenvalue weighted by atomic mass is 19.3. The molecule has 9 nitrogen and oxygen atoms in total. The fraction of sp³-hybridized carbons (Fsp3) is 0.353. The minimum Gasteiger partial charge on any atom is -0.453 e. The van der Waals surface area contributed by atoms with Gasteiger partial charge in [-0.05, 0) is 32.9 Å². The van der Waals surface area contributed by atoms with Crippen molar-refractivity contribution >= 4 is 22.7 Å². The first-order valence-corrected chi connectivity index (χ1v) is 8.33. The summed E-state index contributed by atoms with van der Waals surface area (Å²) < 4.78 is 34.1. The minimum atomic E-state index is -2.86. The van der Waals surface area contributed by atoms with Gasteiger partial charge in [-0.15, -0.1) is 0 Å². The summed E-state index contributed by atoms with van der Waals surface area (Å²) in [6, 6.07) is 6.36. The van der Waals surface area contributed by atoms with E-state index in [9.17, 15) is 23.7 Å². The molecule has 1 unspecified atom stereocenters. The predicted octanol–water partition coefficient (Wildman–Crippen LogP) is 3.46. The Balaban J connectivity index is 1.82. The second-order valence-electron chi connectivity index (χ2n) is 6.17. The molecule has 2 heterocycles. The maximum Gasteiger partial charge on any atom is 0.328 e. The van der Waals surface area contributed by atoms with Crippen LogP contribution in [0.25, 0.3) is 11.0 Å². The van der Waals surface area contributed by atoms with Crippen LogP contribution in [0.2, 0.25) is 0 Å². The van der Waals surface area contributed by atoms with Gasteiger partial charge >= 0.3 is 18.2 Å². The molecule has 0 aliphatic rings. The molecule has 3 rings (SSSR count). The number of aryl methyl sites for hydroxylation is 1. The number of carbonyl (C=O) groups excluding carboxylic acids is 1. The van der Waals surface area contributed by atoms with E-state index in [-0.39, 0.29) is 35.0 Å². The molecule has 0 amide bonds. The SMILES string of the molecule is Cc1nn(CC(=O)OC(C)c2nc3ccccc3n2C(F)F)c(C)c1[N+](=O)[O-]. The third-order valence-electron chi connectivity index (χ3n) is 4.29. The summed E-state index contributed by atoms with van der Waals surface area (Å²) in [5.74, 6) is -0.871. The van der Waals surface area contributed by atoms with Gasteiger partial charge in [0.15, 0.2) is 11.9 Å². The fourth-order valence-corrected chi connectivity index (χ4v) is 3.07. The Hall–Kier alpha value is -3.37. The molecule has 0 aliphatic carbocycles. The van der Waals surface area contributed by atoms with Crippen LogP contribution >= 0.6 is 0 Å². The van der Waals surface area contributed by atoms with Crippen LogP contribution in [-0.2, 0) is 16.1 Å². The summed E-state index contributed by atoms with van der Waals surface area (Å²) >= 11 is 0. The summed E-state index contributed by atoms with van der Waals surface area (Å²) in [4.78, 5) is 26.9. The van der Waals surface area contributed by atoms with Crippen LogP contribution in [0, 0.1) is 24.0 Å². The van der Waals surface area contributed by atoms with E-state index >= 15 is 0 Å². The molecule has 0 radical (unpaired) electrons. The molecule has 0 aliphatic heterocycles. The van der Waals surface area contributed by atoms with Crippen molar-refractivity contribution in [3.63, 3.8) is 0 Å². The van der Waals surface area contributed by atoms with Gasteiger partial charge in [0, 0.05) is 0 Å². The topological polar surface area (TPSA) is 105 Å². The first-order valence-electron chi connectivity index (χ1n) is 8.33. The largest absolute Gasteiger partial charge is 0.453 e. The van der Waals surface area contributed by atoms with Crippen LogP contribution in [0.3, 0.4) is 0 Å². The van der Waals surface area contributed by atoms with E-state index in [1.165, 1.54) is 26.8 Å². The number of ether oxygens (including phenoxy) is 1. The highest BCUT2D eigenvalue weighted by Gasteiger charge is 2.26. The van der Waals surface area contributed by atoms with E-state index in [1.807, 2.05) is 0 Å². The first-order chi connectivity index (χ1) is 13.2. The van der Waals surface area contributed by atoms with Gasteiger partial charge in [-0.25, -0.2) is 4.98 Å². The second-order valence-corrected chi connectivity index (χ2v) is 6.17. The second kappa shape index (κ2) is 7.33. The zero-order valence-corrected chi connectivity index (χ0v) is 15.3. The van der Waals surface area contributed by atoms with Crippen LogP contribution in [0.15, 0.2) is 24.3 Å². The lowest BCUT2D eigenvalue weighted by atomic mass is 10.3. The zero-order chi connectivity index (χ0) is 20.6. The molecule has 0 spiro atoms. The van der Waals surface area contributed by atoms with Crippen LogP contribution < -0.4 is 0 Å². The Labute approximate surface area is 157 Å². The molecule has 1 aromatic carbocycles. The molecular formula is C17H17F2N5O4. The van der Waals surface area contributed by atoms with E-state index in [0.717, 1.165) is 4.68 Å². The quantitative estimate of drug-likeness (QED) is 0.361. The van der Waals surface area contributed by atoms with E-state index in [0.29, 0.717) is 10.1 Å². The van der Waals surface area contributed by atoms with Crippen molar-refractivity contribution in [3.8, 4) is 0 Å². The molecule has 0 saturated carbocycles. The van der Waals surface area contributed by atoms with Gasteiger partial charge in [-0.1, -0.05) is 12.1 Å². The van der Waals surface area contributed by atoms with E-state index < -0.39 is 23.5 Å². The molecule has 0 bridgehead atoms. The van der Waals surface area contributed by atoms with Crippen molar-refractivity contribution in [2.24, 2.45) is 0 Å². The number of aromatic nitrogens is 4. The smallest absolute Gasteiger partial charge is 0.328 e. The average molecular weight is 393 g/mol. The molecule has 0 N–H and O–H groups in total. The van der Waals surface area contributed by atoms with Gasteiger partial charge < -0.3 is 4.74 Å². The molecule has 2 aromatic heterocycles. The van der Waals surface area contributed by atoms with Crippen molar-refractivity contribution in [3.05, 3.63) is 51.6 Å². The van der Waals surface area contributed by atoms with Crippen molar-refractivity contribution < 1.29 is 23.2 Å². The predicted molar refractivity (Wildman–Crippen MR) is 93.8 cm³/mol. The number of imidazole rings is 1. The number of para-hydroxylation sites is 2. The Kier molecular flexibility index (Phi) is 5.08. The molecular weight excluding hydrogens is 376 g/mol. The maximum atomic E-state index is 13.5. The number of esters is 1. The van der Waals surface area contributed by atoms with Gasteiger partial charge in [-0.3, -0.25) is 24.2 Å². The number of nitro groups is 1. The van der Waals surface area contributed by atoms with E-state index in [1.54, 1.807) is 18.2 Å². The Morgan fingerprint density at radius 2 is 2.00 bits per heavy atom. The maximum absolute atomic E-state index is 13.5. The summed E-state index contributed by atoms with van der Waals surface area (Å²) in [7, 11) is 0. The van der Waals surface area contributed by atoms with Crippen LogP contribution in [-0.4, -0.2) is 30.2 Å². The fourth-order valence-electron chi connectivity index (χ4n) is 3.07. The molecule has 11 heteroatoms. The van der Waals surface area contributed by atoms with Gasteiger partial charge in [0.2, 0.25) is 0 Å². The van der Waals surface area contributed by atoms with Gasteiger partial charge in [0.1, 0.15) is 17.9 Å². The molecule has 3 aromatic rings. The number of fused-ring (bicyclic) bond motifs is 1. The highest BCUT2D eigenvalue weighted by molar-refractivity contribution is 5.76. The van der Waals surface area contributed by atoms with Crippen LogP contribution in [0.4, 0.5) is 14.5 Å². The zero-order valence-electron chi connectivity index (χ0n) is 15.3. The standard InChI is InChI=1S/C17H17F2N5O4/c1-9-15(24(26)27)10(2)22(21-9)8-14(25)28-11(3)16-20-12-6-4-5-7-13(12)23(16)17(18)19/h4-7,11,17H,8H2,1-3H3. The minimum absolute atomic E-state index is 0.0936. The number of benzene rings is 1. The number of halogens is 2. The van der Waals surface area contributed by atoms with Crippen LogP contribution in [0.1, 0.15) is 36.8 Å². The first kappa shape index (κ1) is 19.4. The number of carbonyl (C=O) groups is 1. The van der Waals surface area contributed by atoms with Crippen molar-refractivity contribution in [2.45, 2.75) is 40.0 Å². The lowest BCUT2D eigenvalue weighted by molar-refractivity contribution is -0.386. The lowest BCUT2D eigenvalue weighted by Gasteiger charge is -2.15. The summed E-state index contributed by atoms with van der Waals surface area (Å²) in [6.45, 7) is 1.11. The number of nitrogens with zero attached hydrogens (tertiary/aromatic N) is 5. The third kappa shape index (κ3) is 3.42. The molecule has 0 fully saturated rings. The van der Waals surface area contributed by atoms with Crippen molar-refractivity contribution in [1.29, 1.82) is 0 Å². The van der Waals surface area contributed by atoms with Gasteiger partial charge in [0.05, 0.1) is 16.0 Å². The van der Waals surface area contributed by atoms with Gasteiger partial charge in [-0.2, -0.15) is 13.9 Å². The Bertz CT molecular complexity index is 1060. The molecule has 1 atom stereocenters. The lowest BCUT2D eigenvalue weighted by Crippen LogP contribution is -2.19. The van der Waals surface area contributed by atoms with Gasteiger partial charge in [0.25, 0.3) is 0 Å². The molecule has 28 heavy (non-hydrogen) atoms. The van der Waals surface area contributed by atoms with Crippen molar-refractivity contribution in [2.75, 3.05) is 0 Å². The third-order valence-corrected chi connectivity index (χ3v) is 4.29.